The van der Waals surface area contributed by atoms with Gasteiger partial charge in [-0.25, -0.2) is 0 Å². The molecule has 1 saturated carbocycles. The van der Waals surface area contributed by atoms with Crippen LogP contribution in [0.2, 0.25) is 0 Å². The van der Waals surface area contributed by atoms with E-state index in [-0.39, 0.29) is 11.7 Å². The molecule has 1 aliphatic carbocycles. The summed E-state index contributed by atoms with van der Waals surface area (Å²) < 4.78 is 0. The first kappa shape index (κ1) is 18.8. The van der Waals surface area contributed by atoms with Crippen LogP contribution in [0.5, 0.6) is 0 Å². The summed E-state index contributed by atoms with van der Waals surface area (Å²) in [6.07, 6.45) is 5.37. The van der Waals surface area contributed by atoms with Gasteiger partial charge in [0.15, 0.2) is 5.78 Å². The van der Waals surface area contributed by atoms with Crippen LogP contribution in [-0.4, -0.2) is 5.78 Å². The second-order valence-electron chi connectivity index (χ2n) is 7.52. The van der Waals surface area contributed by atoms with Gasteiger partial charge in [-0.1, -0.05) is 54.6 Å². The molecule has 4 rings (SSSR count). The number of hydrogen-bond acceptors (Lipinski definition) is 3. The van der Waals surface area contributed by atoms with E-state index < -0.39 is 0 Å². The highest BCUT2D eigenvalue weighted by Gasteiger charge is 2.28. The van der Waals surface area contributed by atoms with Crippen LogP contribution in [-0.2, 0) is 4.79 Å². The normalized spacial score (nSPS) is 19.6. The van der Waals surface area contributed by atoms with Gasteiger partial charge >= 0.3 is 0 Å². The van der Waals surface area contributed by atoms with Crippen LogP contribution in [0, 0.1) is 0 Å². The van der Waals surface area contributed by atoms with E-state index in [0.717, 1.165) is 22.3 Å². The van der Waals surface area contributed by atoms with E-state index in [9.17, 15) is 4.79 Å². The van der Waals surface area contributed by atoms with Crippen LogP contribution < -0.4 is 11.5 Å². The number of hydrogen-bond donors (Lipinski definition) is 2. The summed E-state index contributed by atoms with van der Waals surface area (Å²) in [6.45, 7) is 0. The zero-order valence-electron chi connectivity index (χ0n) is 16.2. The van der Waals surface area contributed by atoms with Gasteiger partial charge in [-0.05, 0) is 71.9 Å². The minimum Gasteiger partial charge on any atom is -0.399 e. The van der Waals surface area contributed by atoms with Gasteiger partial charge < -0.3 is 11.5 Å². The van der Waals surface area contributed by atoms with Gasteiger partial charge in [0.05, 0.1) is 0 Å². The van der Waals surface area contributed by atoms with E-state index in [0.29, 0.717) is 24.2 Å². The minimum atomic E-state index is 0.0991. The van der Waals surface area contributed by atoms with Crippen molar-refractivity contribution in [2.24, 2.45) is 0 Å². The number of nitrogen functional groups attached to an aromatic ring is 2. The summed E-state index contributed by atoms with van der Waals surface area (Å²) in [7, 11) is 0. The van der Waals surface area contributed by atoms with Crippen molar-refractivity contribution in [3.8, 4) is 0 Å². The molecule has 29 heavy (non-hydrogen) atoms. The summed E-state index contributed by atoms with van der Waals surface area (Å²) in [5.41, 5.74) is 18.0. The Labute approximate surface area is 171 Å². The number of carbonyl (C=O) groups is 1. The summed E-state index contributed by atoms with van der Waals surface area (Å²) in [4.78, 5) is 13.3. The molecule has 0 saturated heterocycles. The number of rotatable bonds is 3. The van der Waals surface area contributed by atoms with Gasteiger partial charge in [-0.15, -0.1) is 0 Å². The van der Waals surface area contributed by atoms with Crippen LogP contribution in [0.3, 0.4) is 0 Å². The van der Waals surface area contributed by atoms with Crippen molar-refractivity contribution in [3.63, 3.8) is 0 Å². The molecule has 0 bridgehead atoms. The first-order chi connectivity index (χ1) is 14.1. The molecule has 0 radical (unpaired) electrons. The topological polar surface area (TPSA) is 69.1 Å². The fraction of sp³-hybridized carbons (Fsp3) is 0.115. The van der Waals surface area contributed by atoms with Gasteiger partial charge in [0, 0.05) is 22.5 Å². The quantitative estimate of drug-likeness (QED) is 0.468. The third kappa shape index (κ3) is 4.46. The molecule has 4 N–H and O–H groups in total. The molecule has 3 nitrogen and oxygen atoms in total. The van der Waals surface area contributed by atoms with Crippen LogP contribution in [0.25, 0.3) is 12.2 Å². The third-order valence-corrected chi connectivity index (χ3v) is 5.29. The fourth-order valence-electron chi connectivity index (χ4n) is 3.90. The van der Waals surface area contributed by atoms with Crippen LogP contribution in [0.15, 0.2) is 90.0 Å². The predicted molar refractivity (Wildman–Crippen MR) is 121 cm³/mol. The van der Waals surface area contributed by atoms with Gasteiger partial charge in [-0.3, -0.25) is 4.79 Å². The number of nitrogens with two attached hydrogens (primary N) is 2. The van der Waals surface area contributed by atoms with E-state index >= 15 is 0 Å². The van der Waals surface area contributed by atoms with Crippen molar-refractivity contribution in [1.82, 2.24) is 0 Å². The van der Waals surface area contributed by atoms with E-state index in [1.165, 1.54) is 5.56 Å². The second-order valence-corrected chi connectivity index (χ2v) is 7.52. The predicted octanol–water partition coefficient (Wildman–Crippen LogP) is 5.46. The molecule has 1 fully saturated rings. The summed E-state index contributed by atoms with van der Waals surface area (Å²) in [6, 6.07) is 25.7. The second kappa shape index (κ2) is 8.19. The Morgan fingerprint density at radius 1 is 0.690 bits per heavy atom. The standard InChI is InChI=1S/C26H24N2O/c27-24-10-4-6-18(14-24)12-22-16-21(20-8-2-1-3-9-20)17-23(26(22)29)13-19-7-5-11-25(28)15-19/h1-15,21H,16-17,27-28H2/b22-12-,23-13+. The van der Waals surface area contributed by atoms with Gasteiger partial charge in [0.2, 0.25) is 0 Å². The summed E-state index contributed by atoms with van der Waals surface area (Å²) in [5, 5.41) is 0. The Morgan fingerprint density at radius 2 is 1.21 bits per heavy atom. The van der Waals surface area contributed by atoms with Crippen molar-refractivity contribution < 1.29 is 4.79 Å². The monoisotopic (exact) mass is 380 g/mol. The lowest BCUT2D eigenvalue weighted by molar-refractivity contribution is -0.113. The Kier molecular flexibility index (Phi) is 5.30. The van der Waals surface area contributed by atoms with Crippen molar-refractivity contribution in [1.29, 1.82) is 0 Å². The molecule has 3 aromatic rings. The SMILES string of the molecule is Nc1cccc(/C=C2/CC(c3ccccc3)C/C(=C\c3cccc(N)c3)C2=O)c1. The molecular weight excluding hydrogens is 356 g/mol. The molecule has 1 atom stereocenters. The van der Waals surface area contributed by atoms with Crippen molar-refractivity contribution in [2.45, 2.75) is 18.8 Å². The number of Topliss-reactive ketones (excluding diaryl/α,β-unsaturated/α-hetero) is 1. The van der Waals surface area contributed by atoms with E-state index in [4.69, 9.17) is 11.5 Å². The molecule has 0 aliphatic heterocycles. The minimum absolute atomic E-state index is 0.0991. The molecule has 0 aromatic heterocycles. The van der Waals surface area contributed by atoms with Gasteiger partial charge in [0.25, 0.3) is 0 Å². The lowest BCUT2D eigenvalue weighted by Gasteiger charge is -2.26. The highest BCUT2D eigenvalue weighted by molar-refractivity contribution is 6.14. The lowest BCUT2D eigenvalue weighted by atomic mass is 9.76. The maximum Gasteiger partial charge on any atom is 0.185 e. The molecule has 3 aromatic carbocycles. The molecule has 0 spiro atoms. The Balaban J connectivity index is 1.75. The molecule has 3 heteroatoms. The van der Waals surface area contributed by atoms with Crippen molar-refractivity contribution >= 4 is 29.3 Å². The average Bonchev–Trinajstić information content (AvgIpc) is 2.71. The third-order valence-electron chi connectivity index (χ3n) is 5.29. The number of benzene rings is 3. The highest BCUT2D eigenvalue weighted by atomic mass is 16.1. The largest absolute Gasteiger partial charge is 0.399 e. The fourth-order valence-corrected chi connectivity index (χ4v) is 3.90. The van der Waals surface area contributed by atoms with Crippen LogP contribution in [0.4, 0.5) is 11.4 Å². The molecular formula is C26H24N2O. The Morgan fingerprint density at radius 3 is 1.69 bits per heavy atom. The Bertz CT molecular complexity index is 1030. The van der Waals surface area contributed by atoms with Gasteiger partial charge in [0.1, 0.15) is 0 Å². The van der Waals surface area contributed by atoms with E-state index in [1.807, 2.05) is 78.9 Å². The molecule has 0 heterocycles. The number of ketones is 1. The molecule has 1 unspecified atom stereocenters. The number of carbonyl (C=O) groups excluding carboxylic acids is 1. The molecule has 144 valence electrons. The zero-order valence-corrected chi connectivity index (χ0v) is 16.2. The van der Waals surface area contributed by atoms with Crippen LogP contribution in [0.1, 0.15) is 35.4 Å². The maximum atomic E-state index is 13.3. The zero-order chi connectivity index (χ0) is 20.2. The van der Waals surface area contributed by atoms with Gasteiger partial charge in [-0.2, -0.15) is 0 Å². The first-order valence-electron chi connectivity index (χ1n) is 9.80. The van der Waals surface area contributed by atoms with Crippen molar-refractivity contribution in [2.75, 3.05) is 11.5 Å². The number of allylic oxidation sites excluding steroid dienone is 2. The van der Waals surface area contributed by atoms with E-state index in [1.54, 1.807) is 0 Å². The average molecular weight is 380 g/mol. The highest BCUT2D eigenvalue weighted by Crippen LogP contribution is 2.38. The van der Waals surface area contributed by atoms with Crippen LogP contribution >= 0.6 is 0 Å². The summed E-state index contributed by atoms with van der Waals surface area (Å²) >= 11 is 0. The first-order valence-corrected chi connectivity index (χ1v) is 9.80. The molecule has 1 aliphatic rings. The Hall–Kier alpha value is -3.59. The smallest absolute Gasteiger partial charge is 0.185 e. The van der Waals surface area contributed by atoms with Crippen molar-refractivity contribution in [3.05, 3.63) is 107 Å². The van der Waals surface area contributed by atoms with E-state index in [2.05, 4.69) is 12.1 Å². The lowest BCUT2D eigenvalue weighted by Crippen LogP contribution is -2.19. The molecule has 0 amide bonds. The summed E-state index contributed by atoms with van der Waals surface area (Å²) in [5.74, 6) is 0.357. The maximum absolute atomic E-state index is 13.3. The number of anilines is 2.